The van der Waals surface area contributed by atoms with E-state index >= 15 is 0 Å². The van der Waals surface area contributed by atoms with Gasteiger partial charge in [0, 0.05) is 13.6 Å². The van der Waals surface area contributed by atoms with Crippen LogP contribution in [0.1, 0.15) is 13.8 Å². The van der Waals surface area contributed by atoms with Crippen LogP contribution < -0.4 is 5.84 Å². The van der Waals surface area contributed by atoms with Gasteiger partial charge in [0.15, 0.2) is 0 Å². The predicted molar refractivity (Wildman–Crippen MR) is 46.8 cm³/mol. The van der Waals surface area contributed by atoms with Crippen LogP contribution in [0.3, 0.4) is 0 Å². The Kier molecular flexibility index (Phi) is 4.69. The van der Waals surface area contributed by atoms with E-state index in [2.05, 4.69) is 4.18 Å². The molecule has 0 aliphatic rings. The Bertz CT molecular complexity index is 211. The lowest BCUT2D eigenvalue weighted by molar-refractivity contribution is 0.245. The lowest BCUT2D eigenvalue weighted by Gasteiger charge is -2.11. The van der Waals surface area contributed by atoms with Crippen LogP contribution >= 0.6 is 0 Å². The zero-order chi connectivity index (χ0) is 9.78. The maximum atomic E-state index is 11.0. The van der Waals surface area contributed by atoms with Gasteiger partial charge in [-0.3, -0.25) is 10.0 Å². The molecule has 5 nitrogen and oxygen atoms in total. The highest BCUT2D eigenvalue weighted by Gasteiger charge is 2.13. The summed E-state index contributed by atoms with van der Waals surface area (Å²) in [5, 5.41) is 1.31. The van der Waals surface area contributed by atoms with E-state index in [9.17, 15) is 8.42 Å². The summed E-state index contributed by atoms with van der Waals surface area (Å²) in [6.45, 7) is 3.61. The predicted octanol–water partition coefficient (Wildman–Crippen LogP) is -0.453. The van der Waals surface area contributed by atoms with Crippen molar-refractivity contribution in [1.29, 1.82) is 0 Å². The number of hydrazine groups is 1. The highest BCUT2D eigenvalue weighted by molar-refractivity contribution is 7.86. The molecule has 0 saturated heterocycles. The van der Waals surface area contributed by atoms with E-state index in [1.54, 1.807) is 20.9 Å². The Labute approximate surface area is 73.6 Å². The van der Waals surface area contributed by atoms with Gasteiger partial charge >= 0.3 is 0 Å². The molecule has 0 heterocycles. The summed E-state index contributed by atoms with van der Waals surface area (Å²) in [5.41, 5.74) is 0. The fraction of sp³-hybridized carbons (Fsp3) is 1.00. The molecule has 0 aromatic heterocycles. The van der Waals surface area contributed by atoms with Crippen molar-refractivity contribution in [2.45, 2.75) is 20.0 Å². The Hall–Kier alpha value is -0.170. The number of nitrogens with zero attached hydrogens (tertiary/aromatic N) is 1. The van der Waals surface area contributed by atoms with Crippen LogP contribution in [0, 0.1) is 0 Å². The molecule has 0 aromatic rings. The summed E-state index contributed by atoms with van der Waals surface area (Å²) in [6, 6.07) is 0. The minimum Gasteiger partial charge on any atom is -0.269 e. The molecule has 0 unspecified atom stereocenters. The third kappa shape index (κ3) is 6.53. The third-order valence-corrected chi connectivity index (χ3v) is 2.39. The van der Waals surface area contributed by atoms with Gasteiger partial charge in [-0.25, -0.2) is 5.01 Å². The molecule has 0 aliphatic heterocycles. The van der Waals surface area contributed by atoms with Crippen LogP contribution in [0.4, 0.5) is 0 Å². The van der Waals surface area contributed by atoms with Crippen molar-refractivity contribution < 1.29 is 12.6 Å². The van der Waals surface area contributed by atoms with Crippen molar-refractivity contribution in [3.63, 3.8) is 0 Å². The van der Waals surface area contributed by atoms with Crippen LogP contribution in [0.2, 0.25) is 0 Å². The summed E-state index contributed by atoms with van der Waals surface area (Å²) in [5.74, 6) is 5.17. The van der Waals surface area contributed by atoms with E-state index in [1.165, 1.54) is 5.01 Å². The molecule has 0 fully saturated rings. The second-order valence-electron chi connectivity index (χ2n) is 2.89. The molecule has 0 atom stereocenters. The van der Waals surface area contributed by atoms with Crippen LogP contribution in [0.25, 0.3) is 0 Å². The molecule has 0 radical (unpaired) electrons. The zero-order valence-electron chi connectivity index (χ0n) is 7.65. The van der Waals surface area contributed by atoms with E-state index in [4.69, 9.17) is 5.84 Å². The first kappa shape index (κ1) is 11.8. The quantitative estimate of drug-likeness (QED) is 0.366. The highest BCUT2D eigenvalue weighted by atomic mass is 32.2. The van der Waals surface area contributed by atoms with E-state index in [0.29, 0.717) is 0 Å². The first-order chi connectivity index (χ1) is 5.33. The molecule has 74 valence electrons. The summed E-state index contributed by atoms with van der Waals surface area (Å²) in [7, 11) is -1.80. The van der Waals surface area contributed by atoms with Gasteiger partial charge < -0.3 is 0 Å². The molecule has 0 spiro atoms. The molecule has 2 N–H and O–H groups in total. The van der Waals surface area contributed by atoms with Gasteiger partial charge in [0.2, 0.25) is 0 Å². The van der Waals surface area contributed by atoms with Crippen molar-refractivity contribution in [3.05, 3.63) is 0 Å². The Morgan fingerprint density at radius 2 is 2.00 bits per heavy atom. The normalized spacial score (nSPS) is 12.8. The summed E-state index contributed by atoms with van der Waals surface area (Å²) < 4.78 is 26.8. The molecular weight excluding hydrogens is 180 g/mol. The van der Waals surface area contributed by atoms with Gasteiger partial charge in [0.05, 0.1) is 11.9 Å². The molecule has 0 bridgehead atoms. The zero-order valence-corrected chi connectivity index (χ0v) is 8.47. The van der Waals surface area contributed by atoms with E-state index in [1.807, 2.05) is 0 Å². The van der Waals surface area contributed by atoms with Crippen molar-refractivity contribution >= 4 is 10.1 Å². The van der Waals surface area contributed by atoms with Crippen LogP contribution in [0.15, 0.2) is 0 Å². The fourth-order valence-electron chi connectivity index (χ4n) is 0.597. The van der Waals surface area contributed by atoms with Crippen molar-refractivity contribution in [2.75, 3.05) is 19.3 Å². The Morgan fingerprint density at radius 3 is 2.33 bits per heavy atom. The van der Waals surface area contributed by atoms with Crippen molar-refractivity contribution in [1.82, 2.24) is 5.01 Å². The first-order valence-corrected chi connectivity index (χ1v) is 5.28. The molecule has 0 aromatic carbocycles. The largest absolute Gasteiger partial charge is 0.269 e. The SMILES string of the molecule is CC(C)OS(=O)(=O)CCN(C)N. The van der Waals surface area contributed by atoms with Gasteiger partial charge in [0.25, 0.3) is 10.1 Å². The second kappa shape index (κ2) is 4.76. The average Bonchev–Trinajstić information content (AvgIpc) is 1.81. The van der Waals surface area contributed by atoms with Crippen LogP contribution in [-0.2, 0) is 14.3 Å². The first-order valence-electron chi connectivity index (χ1n) is 3.70. The number of nitrogens with two attached hydrogens (primary N) is 1. The molecule has 0 amide bonds. The lowest BCUT2D eigenvalue weighted by Crippen LogP contribution is -2.32. The molecule has 0 rings (SSSR count). The third-order valence-electron chi connectivity index (χ3n) is 1.03. The van der Waals surface area contributed by atoms with E-state index < -0.39 is 10.1 Å². The maximum absolute atomic E-state index is 11.0. The minimum atomic E-state index is -3.40. The molecule has 0 saturated carbocycles. The summed E-state index contributed by atoms with van der Waals surface area (Å²) >= 11 is 0. The number of rotatable bonds is 5. The second-order valence-corrected chi connectivity index (χ2v) is 4.60. The standard InChI is InChI=1S/C6H16N2O3S/c1-6(2)11-12(9,10)5-4-8(3)7/h6H,4-5,7H2,1-3H3. The maximum Gasteiger partial charge on any atom is 0.268 e. The monoisotopic (exact) mass is 196 g/mol. The number of hydrogen-bond donors (Lipinski definition) is 1. The molecular formula is C6H16N2O3S. The fourth-order valence-corrected chi connectivity index (χ4v) is 1.79. The smallest absolute Gasteiger partial charge is 0.268 e. The van der Waals surface area contributed by atoms with Gasteiger partial charge in [0.1, 0.15) is 0 Å². The molecule has 12 heavy (non-hydrogen) atoms. The van der Waals surface area contributed by atoms with Crippen molar-refractivity contribution in [3.8, 4) is 0 Å². The highest BCUT2D eigenvalue weighted by Crippen LogP contribution is 1.98. The van der Waals surface area contributed by atoms with Gasteiger partial charge in [-0.2, -0.15) is 8.42 Å². The Balaban J connectivity index is 3.89. The topological polar surface area (TPSA) is 72.6 Å². The lowest BCUT2D eigenvalue weighted by atomic mass is 10.5. The summed E-state index contributed by atoms with van der Waals surface area (Å²) in [4.78, 5) is 0. The number of hydrogen-bond acceptors (Lipinski definition) is 5. The molecule has 6 heteroatoms. The van der Waals surface area contributed by atoms with Gasteiger partial charge in [-0.15, -0.1) is 0 Å². The van der Waals surface area contributed by atoms with Gasteiger partial charge in [-0.1, -0.05) is 0 Å². The summed E-state index contributed by atoms with van der Waals surface area (Å²) in [6.07, 6.45) is -0.307. The van der Waals surface area contributed by atoms with E-state index in [-0.39, 0.29) is 18.4 Å². The van der Waals surface area contributed by atoms with Crippen LogP contribution in [-0.4, -0.2) is 38.9 Å². The van der Waals surface area contributed by atoms with Crippen molar-refractivity contribution in [2.24, 2.45) is 5.84 Å². The molecule has 0 aliphatic carbocycles. The van der Waals surface area contributed by atoms with Crippen LogP contribution in [0.5, 0.6) is 0 Å². The minimum absolute atomic E-state index is 0.0713. The Morgan fingerprint density at radius 1 is 1.50 bits per heavy atom. The van der Waals surface area contributed by atoms with Gasteiger partial charge in [-0.05, 0) is 13.8 Å². The average molecular weight is 196 g/mol. The van der Waals surface area contributed by atoms with E-state index in [0.717, 1.165) is 0 Å².